The molecule has 0 aromatic heterocycles. The summed E-state index contributed by atoms with van der Waals surface area (Å²) < 4.78 is 0. The Hall–Kier alpha value is -0.850. The van der Waals surface area contributed by atoms with E-state index in [9.17, 15) is 9.59 Å². The highest BCUT2D eigenvalue weighted by molar-refractivity contribution is 5.95. The lowest BCUT2D eigenvalue weighted by molar-refractivity contribution is -0.121. The van der Waals surface area contributed by atoms with Crippen LogP contribution in [0.5, 0.6) is 0 Å². The molecule has 1 fully saturated rings. The lowest BCUT2D eigenvalue weighted by atomic mass is 10.2. The van der Waals surface area contributed by atoms with Crippen LogP contribution < -0.4 is 16.4 Å². The molecular weight excluding hydrogens is 268 g/mol. The lowest BCUT2D eigenvalue weighted by Crippen LogP contribution is -2.47. The second-order valence-corrected chi connectivity index (χ2v) is 5.15. The zero-order valence-corrected chi connectivity index (χ0v) is 12.5. The number of hydrogen-bond acceptors (Lipinski definition) is 4. The summed E-state index contributed by atoms with van der Waals surface area (Å²) in [5.74, 6) is 0.0997. The monoisotopic (exact) mass is 292 g/mol. The second-order valence-electron chi connectivity index (χ2n) is 5.15. The minimum absolute atomic E-state index is 0. The van der Waals surface area contributed by atoms with Crippen molar-refractivity contribution in [3.63, 3.8) is 0 Å². The number of nitrogens with two attached hydrogens (primary N) is 1. The molecular formula is C12H25ClN4O2. The average molecular weight is 293 g/mol. The van der Waals surface area contributed by atoms with E-state index in [1.165, 1.54) is 0 Å². The SMILES string of the molecule is CC(C)CNC(=O)NC(=O)CN1CCCC1CN.Cl. The molecule has 112 valence electrons. The Morgan fingerprint density at radius 1 is 1.42 bits per heavy atom. The van der Waals surface area contributed by atoms with Gasteiger partial charge in [0.1, 0.15) is 0 Å². The molecule has 0 aliphatic carbocycles. The molecule has 1 atom stereocenters. The van der Waals surface area contributed by atoms with Crippen molar-refractivity contribution in [2.75, 3.05) is 26.2 Å². The zero-order valence-electron chi connectivity index (χ0n) is 11.6. The second kappa shape index (κ2) is 9.12. The van der Waals surface area contributed by atoms with Crippen molar-refractivity contribution in [3.8, 4) is 0 Å². The van der Waals surface area contributed by atoms with Crippen LogP contribution in [0.2, 0.25) is 0 Å². The third-order valence-corrected chi connectivity index (χ3v) is 3.04. The van der Waals surface area contributed by atoms with Gasteiger partial charge in [0.15, 0.2) is 0 Å². The molecule has 1 saturated heterocycles. The smallest absolute Gasteiger partial charge is 0.321 e. The van der Waals surface area contributed by atoms with Gasteiger partial charge >= 0.3 is 6.03 Å². The molecule has 1 unspecified atom stereocenters. The largest absolute Gasteiger partial charge is 0.338 e. The Labute approximate surface area is 120 Å². The number of carbonyl (C=O) groups is 2. The topological polar surface area (TPSA) is 87.5 Å². The van der Waals surface area contributed by atoms with Gasteiger partial charge in [0.25, 0.3) is 0 Å². The molecule has 1 heterocycles. The maximum atomic E-state index is 11.7. The Kier molecular flexibility index (Phi) is 8.71. The average Bonchev–Trinajstić information content (AvgIpc) is 2.73. The quantitative estimate of drug-likeness (QED) is 0.681. The number of nitrogens with one attached hydrogen (secondary N) is 2. The van der Waals surface area contributed by atoms with Crippen molar-refractivity contribution >= 4 is 24.3 Å². The van der Waals surface area contributed by atoms with Crippen molar-refractivity contribution < 1.29 is 9.59 Å². The fourth-order valence-electron chi connectivity index (χ4n) is 2.06. The van der Waals surface area contributed by atoms with Gasteiger partial charge in [-0.05, 0) is 25.3 Å². The third kappa shape index (κ3) is 6.75. The van der Waals surface area contributed by atoms with E-state index in [1.54, 1.807) is 0 Å². The summed E-state index contributed by atoms with van der Waals surface area (Å²) in [6.07, 6.45) is 2.10. The Morgan fingerprint density at radius 3 is 2.68 bits per heavy atom. The Morgan fingerprint density at radius 2 is 2.11 bits per heavy atom. The number of nitrogens with zero attached hydrogens (tertiary/aromatic N) is 1. The molecule has 0 spiro atoms. The number of halogens is 1. The van der Waals surface area contributed by atoms with Gasteiger partial charge in [0.2, 0.25) is 5.91 Å². The molecule has 0 radical (unpaired) electrons. The number of carbonyl (C=O) groups excluding carboxylic acids is 2. The summed E-state index contributed by atoms with van der Waals surface area (Å²) in [5, 5.41) is 4.98. The molecule has 0 aromatic rings. The molecule has 7 heteroatoms. The number of rotatable bonds is 5. The molecule has 3 amide bonds. The molecule has 1 aliphatic heterocycles. The minimum atomic E-state index is -0.419. The van der Waals surface area contributed by atoms with Crippen LogP contribution >= 0.6 is 12.4 Å². The number of imide groups is 1. The van der Waals surface area contributed by atoms with Crippen molar-refractivity contribution in [1.82, 2.24) is 15.5 Å². The highest BCUT2D eigenvalue weighted by Crippen LogP contribution is 2.14. The van der Waals surface area contributed by atoms with Crippen molar-refractivity contribution in [2.24, 2.45) is 11.7 Å². The molecule has 0 bridgehead atoms. The third-order valence-electron chi connectivity index (χ3n) is 3.04. The van der Waals surface area contributed by atoms with Gasteiger partial charge in [-0.1, -0.05) is 13.8 Å². The van der Waals surface area contributed by atoms with Crippen molar-refractivity contribution in [3.05, 3.63) is 0 Å². The molecule has 0 saturated carbocycles. The molecule has 4 N–H and O–H groups in total. The van der Waals surface area contributed by atoms with Gasteiger partial charge in [0.05, 0.1) is 6.54 Å². The lowest BCUT2D eigenvalue weighted by Gasteiger charge is -2.22. The summed E-state index contributed by atoms with van der Waals surface area (Å²) in [5.41, 5.74) is 5.63. The summed E-state index contributed by atoms with van der Waals surface area (Å²) in [4.78, 5) is 25.1. The number of amides is 3. The predicted molar refractivity (Wildman–Crippen MR) is 77.3 cm³/mol. The molecule has 0 aromatic carbocycles. The highest BCUT2D eigenvalue weighted by atomic mass is 35.5. The maximum absolute atomic E-state index is 11.7. The van der Waals surface area contributed by atoms with Crippen LogP contribution in [0, 0.1) is 5.92 Å². The highest BCUT2D eigenvalue weighted by Gasteiger charge is 2.25. The number of hydrogen-bond donors (Lipinski definition) is 3. The summed E-state index contributed by atoms with van der Waals surface area (Å²) in [6.45, 7) is 6.25. The van der Waals surface area contributed by atoms with Crippen molar-refractivity contribution in [2.45, 2.75) is 32.7 Å². The van der Waals surface area contributed by atoms with Crippen molar-refractivity contribution in [1.29, 1.82) is 0 Å². The zero-order chi connectivity index (χ0) is 13.5. The van der Waals surface area contributed by atoms with E-state index in [-0.39, 0.29) is 30.9 Å². The Bertz CT molecular complexity index is 299. The van der Waals surface area contributed by atoms with Crippen LogP contribution in [0.1, 0.15) is 26.7 Å². The van der Waals surface area contributed by atoms with E-state index in [4.69, 9.17) is 5.73 Å². The maximum Gasteiger partial charge on any atom is 0.321 e. The van der Waals surface area contributed by atoms with Gasteiger partial charge in [-0.3, -0.25) is 15.0 Å². The minimum Gasteiger partial charge on any atom is -0.338 e. The first-order chi connectivity index (χ1) is 8.52. The molecule has 6 nitrogen and oxygen atoms in total. The predicted octanol–water partition coefficient (Wildman–Crippen LogP) is 0.313. The molecule has 19 heavy (non-hydrogen) atoms. The van der Waals surface area contributed by atoms with Gasteiger partial charge in [-0.2, -0.15) is 0 Å². The first-order valence-electron chi connectivity index (χ1n) is 6.54. The first kappa shape index (κ1) is 18.1. The first-order valence-corrected chi connectivity index (χ1v) is 6.54. The van der Waals surface area contributed by atoms with E-state index < -0.39 is 6.03 Å². The van der Waals surface area contributed by atoms with E-state index in [1.807, 2.05) is 18.7 Å². The van der Waals surface area contributed by atoms with E-state index in [0.29, 0.717) is 19.0 Å². The summed E-state index contributed by atoms with van der Waals surface area (Å²) >= 11 is 0. The normalized spacial score (nSPS) is 19.1. The van der Waals surface area contributed by atoms with Crippen LogP contribution in [0.3, 0.4) is 0 Å². The van der Waals surface area contributed by atoms with Gasteiger partial charge in [-0.15, -0.1) is 12.4 Å². The molecule has 1 aliphatic rings. The Balaban J connectivity index is 0.00000324. The van der Waals surface area contributed by atoms with Crippen LogP contribution in [0.15, 0.2) is 0 Å². The summed E-state index contributed by atoms with van der Waals surface area (Å²) in [6, 6.07) is -0.147. The van der Waals surface area contributed by atoms with Crippen LogP contribution in [-0.2, 0) is 4.79 Å². The van der Waals surface area contributed by atoms with Gasteiger partial charge in [0, 0.05) is 19.1 Å². The fourth-order valence-corrected chi connectivity index (χ4v) is 2.06. The van der Waals surface area contributed by atoms with E-state index >= 15 is 0 Å². The van der Waals surface area contributed by atoms with Gasteiger partial charge < -0.3 is 11.1 Å². The van der Waals surface area contributed by atoms with Crippen LogP contribution in [0.25, 0.3) is 0 Å². The number of urea groups is 1. The standard InChI is InChI=1S/C12H24N4O2.ClH/c1-9(2)7-14-12(18)15-11(17)8-16-5-3-4-10(16)6-13;/h9-10H,3-8,13H2,1-2H3,(H2,14,15,17,18);1H. The van der Waals surface area contributed by atoms with Crippen LogP contribution in [0.4, 0.5) is 4.79 Å². The number of likely N-dealkylation sites (tertiary alicyclic amines) is 1. The summed E-state index contributed by atoms with van der Waals surface area (Å²) in [7, 11) is 0. The van der Waals surface area contributed by atoms with Crippen LogP contribution in [-0.4, -0.2) is 49.1 Å². The van der Waals surface area contributed by atoms with E-state index in [0.717, 1.165) is 19.4 Å². The van der Waals surface area contributed by atoms with Gasteiger partial charge in [-0.25, -0.2) is 4.79 Å². The molecule has 1 rings (SSSR count). The fraction of sp³-hybridized carbons (Fsp3) is 0.833. The van der Waals surface area contributed by atoms with E-state index in [2.05, 4.69) is 10.6 Å².